The summed E-state index contributed by atoms with van der Waals surface area (Å²) < 4.78 is 14.0. The molecule has 3 heteroatoms. The summed E-state index contributed by atoms with van der Waals surface area (Å²) in [5.41, 5.74) is 8.63. The second-order valence-corrected chi connectivity index (χ2v) is 13.3. The second kappa shape index (κ2) is 9.32. The van der Waals surface area contributed by atoms with Crippen molar-refractivity contribution in [2.75, 3.05) is 0 Å². The Morgan fingerprint density at radius 2 is 1.00 bits per heavy atom. The Bertz CT molecular complexity index is 3020. The van der Waals surface area contributed by atoms with Gasteiger partial charge in [0.25, 0.3) is 0 Å². The van der Waals surface area contributed by atoms with Crippen molar-refractivity contribution in [1.29, 1.82) is 0 Å². The van der Waals surface area contributed by atoms with E-state index in [9.17, 15) is 0 Å². The highest BCUT2D eigenvalue weighted by Crippen LogP contribution is 2.49. The molecule has 0 aliphatic carbocycles. The van der Waals surface area contributed by atoms with Crippen LogP contribution in [0.1, 0.15) is 0 Å². The first-order valence-corrected chi connectivity index (χ1v) is 16.8. The molecule has 218 valence electrons. The first kappa shape index (κ1) is 25.3. The molecule has 0 fully saturated rings. The molecule has 0 saturated heterocycles. The molecule has 0 radical (unpaired) electrons. The van der Waals surface area contributed by atoms with Crippen molar-refractivity contribution in [3.05, 3.63) is 145 Å². The van der Waals surface area contributed by atoms with Crippen LogP contribution in [0.3, 0.4) is 0 Å². The van der Waals surface area contributed by atoms with E-state index in [1.807, 2.05) is 29.5 Å². The summed E-state index contributed by atoms with van der Waals surface area (Å²) in [7, 11) is 0. The molecule has 0 bridgehead atoms. The minimum Gasteiger partial charge on any atom is -0.456 e. The van der Waals surface area contributed by atoms with Gasteiger partial charge in [0.2, 0.25) is 0 Å². The molecule has 47 heavy (non-hydrogen) atoms. The first-order valence-electron chi connectivity index (χ1n) is 15.9. The van der Waals surface area contributed by atoms with E-state index < -0.39 is 0 Å². The van der Waals surface area contributed by atoms with Gasteiger partial charge in [0.05, 0.1) is 0 Å². The normalized spacial score (nSPS) is 12.3. The average molecular weight is 617 g/mol. The standard InChI is InChI=1S/C44H24O2S/c1-3-12-31-29(10-1)41(26-18-17-25-23-39-35(22-27(25)21-26)28-9-5-7-15-37(28)45-39)30-11-2-4-13-32(30)42(31)36-24-40-43(34-19-20-47-44(34)36)33-14-6-8-16-38(33)46-40/h1-24H. The van der Waals surface area contributed by atoms with Gasteiger partial charge in [-0.2, -0.15) is 0 Å². The van der Waals surface area contributed by atoms with E-state index in [1.54, 1.807) is 0 Å². The number of thiophene rings is 1. The molecule has 0 unspecified atom stereocenters. The lowest BCUT2D eigenvalue weighted by molar-refractivity contribution is 0.669. The zero-order valence-electron chi connectivity index (χ0n) is 25.1. The molecule has 8 aromatic carbocycles. The third-order valence-electron chi connectivity index (χ3n) is 9.90. The molecule has 3 aromatic heterocycles. The number of rotatable bonds is 2. The number of hydrogen-bond acceptors (Lipinski definition) is 3. The van der Waals surface area contributed by atoms with Gasteiger partial charge in [0, 0.05) is 37.2 Å². The number of furan rings is 2. The fraction of sp³-hybridized carbons (Fsp3) is 0. The summed E-state index contributed by atoms with van der Waals surface area (Å²) >= 11 is 1.81. The summed E-state index contributed by atoms with van der Waals surface area (Å²) in [5.74, 6) is 0. The monoisotopic (exact) mass is 616 g/mol. The number of benzene rings is 8. The minimum absolute atomic E-state index is 0.922. The molecule has 2 nitrogen and oxygen atoms in total. The van der Waals surface area contributed by atoms with Crippen LogP contribution in [-0.2, 0) is 0 Å². The predicted molar refractivity (Wildman–Crippen MR) is 200 cm³/mol. The molecule has 11 rings (SSSR count). The van der Waals surface area contributed by atoms with Gasteiger partial charge in [-0.25, -0.2) is 0 Å². The van der Waals surface area contributed by atoms with E-state index in [1.165, 1.54) is 75.4 Å². The average Bonchev–Trinajstić information content (AvgIpc) is 3.84. The molecular formula is C44H24O2S. The molecule has 0 saturated carbocycles. The molecule has 3 heterocycles. The van der Waals surface area contributed by atoms with Crippen molar-refractivity contribution >= 4 is 97.6 Å². The van der Waals surface area contributed by atoms with Gasteiger partial charge in [-0.3, -0.25) is 0 Å². The molecule has 0 spiro atoms. The quantitative estimate of drug-likeness (QED) is 0.181. The fourth-order valence-electron chi connectivity index (χ4n) is 7.89. The molecule has 11 aromatic rings. The smallest absolute Gasteiger partial charge is 0.136 e. The maximum absolute atomic E-state index is 6.50. The van der Waals surface area contributed by atoms with Crippen LogP contribution in [0.4, 0.5) is 0 Å². The summed E-state index contributed by atoms with van der Waals surface area (Å²) in [6.45, 7) is 0. The van der Waals surface area contributed by atoms with Crippen molar-refractivity contribution < 1.29 is 8.83 Å². The summed E-state index contributed by atoms with van der Waals surface area (Å²) in [4.78, 5) is 0. The Morgan fingerprint density at radius 1 is 0.383 bits per heavy atom. The van der Waals surface area contributed by atoms with Crippen molar-refractivity contribution in [3.8, 4) is 22.3 Å². The van der Waals surface area contributed by atoms with Crippen molar-refractivity contribution in [2.45, 2.75) is 0 Å². The predicted octanol–water partition coefficient (Wildman–Crippen LogP) is 13.5. The van der Waals surface area contributed by atoms with E-state index in [-0.39, 0.29) is 0 Å². The lowest BCUT2D eigenvalue weighted by Crippen LogP contribution is -1.91. The van der Waals surface area contributed by atoms with Crippen LogP contribution in [0, 0.1) is 0 Å². The second-order valence-electron chi connectivity index (χ2n) is 12.4. The molecule has 0 amide bonds. The Hall–Kier alpha value is -5.90. The van der Waals surface area contributed by atoms with Gasteiger partial charge in [0.15, 0.2) is 0 Å². The van der Waals surface area contributed by atoms with E-state index in [0.717, 1.165) is 33.1 Å². The minimum atomic E-state index is 0.922. The van der Waals surface area contributed by atoms with Gasteiger partial charge in [-0.15, -0.1) is 11.3 Å². The summed E-state index contributed by atoms with van der Waals surface area (Å²) in [6, 6.07) is 50.3. The number of hydrogen-bond donors (Lipinski definition) is 0. The van der Waals surface area contributed by atoms with E-state index in [4.69, 9.17) is 8.83 Å². The maximum atomic E-state index is 6.50. The molecule has 0 N–H and O–H groups in total. The fourth-order valence-corrected chi connectivity index (χ4v) is 8.82. The highest BCUT2D eigenvalue weighted by Gasteiger charge is 2.21. The first-order chi connectivity index (χ1) is 23.3. The lowest BCUT2D eigenvalue weighted by Gasteiger charge is -2.18. The van der Waals surface area contributed by atoms with Crippen LogP contribution in [0.5, 0.6) is 0 Å². The third kappa shape index (κ3) is 3.49. The van der Waals surface area contributed by atoms with Crippen molar-refractivity contribution in [3.63, 3.8) is 0 Å². The topological polar surface area (TPSA) is 26.3 Å². The SMILES string of the molecule is c1ccc2c(c1)oc1cc3ccc(-c4c5ccccc5c(-c5cc6oc7ccccc7c6c6ccsc56)c5ccccc45)cc3cc12. The zero-order valence-corrected chi connectivity index (χ0v) is 25.9. The lowest BCUT2D eigenvalue weighted by atomic mass is 9.85. The van der Waals surface area contributed by atoms with Crippen molar-refractivity contribution in [2.24, 2.45) is 0 Å². The van der Waals surface area contributed by atoms with Crippen LogP contribution < -0.4 is 0 Å². The van der Waals surface area contributed by atoms with Crippen LogP contribution >= 0.6 is 11.3 Å². The van der Waals surface area contributed by atoms with E-state index >= 15 is 0 Å². The zero-order chi connectivity index (χ0) is 30.6. The Labute approximate surface area is 272 Å². The maximum Gasteiger partial charge on any atom is 0.136 e. The number of para-hydroxylation sites is 2. The largest absolute Gasteiger partial charge is 0.456 e. The Balaban J connectivity index is 1.23. The molecule has 0 atom stereocenters. The van der Waals surface area contributed by atoms with Gasteiger partial charge < -0.3 is 8.83 Å². The Morgan fingerprint density at radius 3 is 1.74 bits per heavy atom. The molecule has 0 aliphatic rings. The van der Waals surface area contributed by atoms with E-state index in [0.29, 0.717) is 0 Å². The van der Waals surface area contributed by atoms with Crippen LogP contribution in [-0.4, -0.2) is 0 Å². The van der Waals surface area contributed by atoms with Gasteiger partial charge >= 0.3 is 0 Å². The third-order valence-corrected chi connectivity index (χ3v) is 10.9. The van der Waals surface area contributed by atoms with Crippen molar-refractivity contribution in [1.82, 2.24) is 0 Å². The van der Waals surface area contributed by atoms with Crippen LogP contribution in [0.2, 0.25) is 0 Å². The highest BCUT2D eigenvalue weighted by molar-refractivity contribution is 7.18. The van der Waals surface area contributed by atoms with Crippen LogP contribution in [0.15, 0.2) is 154 Å². The number of fused-ring (bicyclic) bond motifs is 11. The van der Waals surface area contributed by atoms with E-state index in [2.05, 4.69) is 127 Å². The Kier molecular flexibility index (Phi) is 5.02. The molecular weight excluding hydrogens is 593 g/mol. The highest BCUT2D eigenvalue weighted by atomic mass is 32.1. The van der Waals surface area contributed by atoms with Gasteiger partial charge in [-0.1, -0.05) is 97.1 Å². The van der Waals surface area contributed by atoms with Gasteiger partial charge in [0.1, 0.15) is 22.3 Å². The summed E-state index contributed by atoms with van der Waals surface area (Å²) in [5, 5.41) is 15.5. The molecule has 0 aliphatic heterocycles. The van der Waals surface area contributed by atoms with Gasteiger partial charge in [-0.05, 0) is 96.9 Å². The summed E-state index contributed by atoms with van der Waals surface area (Å²) in [6.07, 6.45) is 0. The van der Waals surface area contributed by atoms with Crippen LogP contribution in [0.25, 0.3) is 109 Å².